The van der Waals surface area contributed by atoms with Crippen molar-refractivity contribution in [1.29, 1.82) is 0 Å². The monoisotopic (exact) mass is 981 g/mol. The molecule has 0 aromatic rings. The van der Waals surface area contributed by atoms with Crippen LogP contribution in [0.4, 0.5) is 0 Å². The van der Waals surface area contributed by atoms with Gasteiger partial charge in [-0.2, -0.15) is 0 Å². The van der Waals surface area contributed by atoms with E-state index in [0.717, 1.165) is 50.5 Å². The van der Waals surface area contributed by atoms with Crippen molar-refractivity contribution in [3.8, 4) is 0 Å². The quantitative estimate of drug-likeness (QED) is 0.0840. The van der Waals surface area contributed by atoms with Crippen LogP contribution in [0, 0.1) is 62.6 Å². The molecule has 0 bridgehead atoms. The molecule has 3 heterocycles. The standard InChI is InChI=1S/C52H84O17/c1-24(2)21-34(55)67-42-36(56)26(5)64-45(41(42)61)69-47(62)52-18-13-27(25(3)4)35(52)28-11-12-32-49(8)16-15-33(48(6,7)31(49)14-17-51(32,10)50(28,9)19-20-52)66-46-43(39(59)38(58)30(22-53)65-46)68-44-40(60)37(57)29(54)23-63-44/h24,26-33,35-46,53-54,56-61H,3,11-23H2,1-2,4-10H3/t26-,27-,28+,29+,30+,31-,32+,33-,35+,36-,37-,38+,39-,40+,41+,42+,43+,44-,45-,46-,49-,50+,51+,52-/m0/s1. The summed E-state index contributed by atoms with van der Waals surface area (Å²) in [6.07, 6.45) is -11.7. The van der Waals surface area contributed by atoms with Crippen LogP contribution in [0.1, 0.15) is 133 Å². The van der Waals surface area contributed by atoms with E-state index < -0.39 is 121 Å². The van der Waals surface area contributed by atoms with Crippen LogP contribution in [0.15, 0.2) is 12.2 Å². The molecule has 69 heavy (non-hydrogen) atoms. The minimum absolute atomic E-state index is 0.00875. The Morgan fingerprint density at radius 3 is 2.07 bits per heavy atom. The van der Waals surface area contributed by atoms with Gasteiger partial charge in [0.1, 0.15) is 48.8 Å². The summed E-state index contributed by atoms with van der Waals surface area (Å²) in [4.78, 5) is 27.7. The van der Waals surface area contributed by atoms with E-state index in [-0.39, 0.29) is 58.9 Å². The number of aliphatic hydroxyl groups excluding tert-OH is 8. The summed E-state index contributed by atoms with van der Waals surface area (Å²) < 4.78 is 42.3. The number of allylic oxidation sites excluding steroid dienone is 1. The lowest BCUT2D eigenvalue weighted by Crippen LogP contribution is -2.68. The Kier molecular flexibility index (Phi) is 15.1. The summed E-state index contributed by atoms with van der Waals surface area (Å²) in [6.45, 7) is 22.8. The van der Waals surface area contributed by atoms with E-state index in [0.29, 0.717) is 25.2 Å². The third-order valence-electron chi connectivity index (χ3n) is 20.1. The molecule has 0 aromatic heterocycles. The molecular weight excluding hydrogens is 897 g/mol. The molecule has 8 aliphatic rings. The maximum atomic E-state index is 15.0. The molecule has 0 aromatic carbocycles. The summed E-state index contributed by atoms with van der Waals surface area (Å²) in [5.41, 5.74) is -0.561. The van der Waals surface area contributed by atoms with Crippen molar-refractivity contribution in [3.63, 3.8) is 0 Å². The zero-order chi connectivity index (χ0) is 50.5. The molecule has 8 rings (SSSR count). The van der Waals surface area contributed by atoms with Crippen molar-refractivity contribution in [3.05, 3.63) is 12.2 Å². The Labute approximate surface area is 407 Å². The van der Waals surface area contributed by atoms with Gasteiger partial charge in [-0.1, -0.05) is 60.6 Å². The largest absolute Gasteiger partial charge is 0.456 e. The van der Waals surface area contributed by atoms with Crippen LogP contribution < -0.4 is 0 Å². The van der Waals surface area contributed by atoms with Crippen LogP contribution in [-0.4, -0.2) is 158 Å². The van der Waals surface area contributed by atoms with Crippen LogP contribution in [0.2, 0.25) is 0 Å². The Bertz CT molecular complexity index is 1880. The SMILES string of the molecule is C=C(C)[C@@H]1CC[C@]2(C(=O)O[C@@H]3O[C@@H](C)[C@H](O)[C@@H](OC(=O)CC(C)C)[C@H]3O)CC[C@]3(C)[C@H](CC[C@@H]4[C@@]5(C)CC[C@H](O[C@@H]6O[C@H](CO)[C@@H](O)[C@H](O)[C@H]6O[C@@H]6OC[C@@H](O)[C@H](O)[C@H]6O)C(C)(C)[C@@H]5CC[C@]43C)[C@@H]12. The van der Waals surface area contributed by atoms with Crippen molar-refractivity contribution in [2.75, 3.05) is 13.2 Å². The molecule has 394 valence electrons. The molecule has 0 spiro atoms. The molecule has 24 atom stereocenters. The molecule has 3 saturated heterocycles. The van der Waals surface area contributed by atoms with Crippen molar-refractivity contribution in [2.45, 2.75) is 225 Å². The van der Waals surface area contributed by atoms with Gasteiger partial charge in [-0.3, -0.25) is 9.59 Å². The Hall–Kier alpha value is -1.84. The second kappa shape index (κ2) is 19.5. The lowest BCUT2D eigenvalue weighted by atomic mass is 9.32. The van der Waals surface area contributed by atoms with Gasteiger partial charge in [-0.25, -0.2) is 0 Å². The summed E-state index contributed by atoms with van der Waals surface area (Å²) in [5, 5.41) is 85.9. The number of aliphatic hydroxyl groups is 8. The van der Waals surface area contributed by atoms with E-state index in [1.807, 2.05) is 13.8 Å². The van der Waals surface area contributed by atoms with E-state index >= 15 is 0 Å². The maximum Gasteiger partial charge on any atom is 0.314 e. The zero-order valence-corrected chi connectivity index (χ0v) is 42.3. The second-order valence-corrected chi connectivity index (χ2v) is 24.5. The molecule has 17 nitrogen and oxygen atoms in total. The summed E-state index contributed by atoms with van der Waals surface area (Å²) >= 11 is 0. The first-order valence-corrected chi connectivity index (χ1v) is 25.9. The van der Waals surface area contributed by atoms with E-state index in [4.69, 9.17) is 33.2 Å². The highest BCUT2D eigenvalue weighted by Gasteiger charge is 2.73. The highest BCUT2D eigenvalue weighted by molar-refractivity contribution is 5.78. The number of carbonyl (C=O) groups excluding carboxylic acids is 2. The molecule has 17 heteroatoms. The van der Waals surface area contributed by atoms with Gasteiger partial charge < -0.3 is 74.0 Å². The van der Waals surface area contributed by atoms with Crippen LogP contribution >= 0.6 is 0 Å². The number of hydrogen-bond acceptors (Lipinski definition) is 17. The Morgan fingerprint density at radius 2 is 1.41 bits per heavy atom. The predicted molar refractivity (Wildman–Crippen MR) is 246 cm³/mol. The van der Waals surface area contributed by atoms with Crippen LogP contribution in [0.3, 0.4) is 0 Å². The van der Waals surface area contributed by atoms with Gasteiger partial charge in [0.15, 0.2) is 24.8 Å². The summed E-state index contributed by atoms with van der Waals surface area (Å²) in [7, 11) is 0. The molecule has 5 aliphatic carbocycles. The average molecular weight is 981 g/mol. The third kappa shape index (κ3) is 8.78. The van der Waals surface area contributed by atoms with Gasteiger partial charge in [0, 0.05) is 6.42 Å². The van der Waals surface area contributed by atoms with Crippen molar-refractivity contribution >= 4 is 11.9 Å². The molecular formula is C52H84O17. The third-order valence-corrected chi connectivity index (χ3v) is 20.1. The smallest absolute Gasteiger partial charge is 0.314 e. The number of esters is 2. The Balaban J connectivity index is 1.01. The van der Waals surface area contributed by atoms with E-state index in [1.165, 1.54) is 0 Å². The van der Waals surface area contributed by atoms with Crippen molar-refractivity contribution < 1.29 is 83.6 Å². The predicted octanol–water partition coefficient (Wildman–Crippen LogP) is 3.26. The van der Waals surface area contributed by atoms with Gasteiger partial charge in [-0.05, 0) is 135 Å². The normalized spacial score (nSPS) is 51.6. The first kappa shape index (κ1) is 53.5. The second-order valence-electron chi connectivity index (χ2n) is 24.5. The fourth-order valence-electron chi connectivity index (χ4n) is 16.2. The van der Waals surface area contributed by atoms with E-state index in [1.54, 1.807) is 6.92 Å². The molecule has 0 amide bonds. The maximum absolute atomic E-state index is 15.0. The molecule has 0 radical (unpaired) electrons. The van der Waals surface area contributed by atoms with Gasteiger partial charge in [0.25, 0.3) is 0 Å². The van der Waals surface area contributed by atoms with Crippen molar-refractivity contribution in [1.82, 2.24) is 0 Å². The van der Waals surface area contributed by atoms with Gasteiger partial charge >= 0.3 is 11.9 Å². The summed E-state index contributed by atoms with van der Waals surface area (Å²) in [6, 6.07) is 0. The molecule has 0 unspecified atom stereocenters. The zero-order valence-electron chi connectivity index (χ0n) is 42.3. The molecule has 5 saturated carbocycles. The number of ether oxygens (including phenoxy) is 7. The minimum Gasteiger partial charge on any atom is -0.456 e. The highest BCUT2D eigenvalue weighted by atomic mass is 16.8. The van der Waals surface area contributed by atoms with Gasteiger partial charge in [0.05, 0.1) is 30.8 Å². The molecule has 8 fully saturated rings. The highest BCUT2D eigenvalue weighted by Crippen LogP contribution is 2.78. The average Bonchev–Trinajstić information content (AvgIpc) is 3.69. The van der Waals surface area contributed by atoms with Crippen LogP contribution in [0.25, 0.3) is 0 Å². The summed E-state index contributed by atoms with van der Waals surface area (Å²) in [5.74, 6) is -0.197. The first-order valence-electron chi connectivity index (χ1n) is 25.9. The number of rotatable bonds is 11. The molecule has 8 N–H and O–H groups in total. The van der Waals surface area contributed by atoms with Crippen LogP contribution in [0.5, 0.6) is 0 Å². The van der Waals surface area contributed by atoms with Gasteiger partial charge in [0.2, 0.25) is 6.29 Å². The fourth-order valence-corrected chi connectivity index (χ4v) is 16.2. The number of carbonyl (C=O) groups is 2. The molecule has 3 aliphatic heterocycles. The van der Waals surface area contributed by atoms with Gasteiger partial charge in [-0.15, -0.1) is 0 Å². The topological polar surface area (TPSA) is 261 Å². The van der Waals surface area contributed by atoms with Crippen molar-refractivity contribution in [2.24, 2.45) is 62.6 Å². The Morgan fingerprint density at radius 1 is 0.696 bits per heavy atom. The first-order chi connectivity index (χ1) is 32.3. The number of fused-ring (bicyclic) bond motifs is 7. The minimum atomic E-state index is -1.66. The van der Waals surface area contributed by atoms with Crippen LogP contribution in [-0.2, 0) is 42.7 Å². The number of hydrogen-bond donors (Lipinski definition) is 8. The van der Waals surface area contributed by atoms with E-state index in [2.05, 4.69) is 48.1 Å². The van der Waals surface area contributed by atoms with E-state index in [9.17, 15) is 50.4 Å². The fraction of sp³-hybridized carbons (Fsp3) is 0.923. The lowest BCUT2D eigenvalue weighted by Gasteiger charge is -2.73. The lowest BCUT2D eigenvalue weighted by molar-refractivity contribution is -0.370.